The first-order valence-corrected chi connectivity index (χ1v) is 10.9. The molecule has 0 spiro atoms. The Bertz CT molecular complexity index is 995. The number of aromatic nitrogens is 2. The summed E-state index contributed by atoms with van der Waals surface area (Å²) in [6, 6.07) is 8.74. The zero-order valence-corrected chi connectivity index (χ0v) is 19.1. The number of aliphatic imine (C=N–C) groups is 1. The minimum Gasteiger partial charge on any atom is -0.383 e. The average molecular weight is 416 g/mol. The van der Waals surface area contributed by atoms with Crippen molar-refractivity contribution in [3.8, 4) is 11.4 Å². The van der Waals surface area contributed by atoms with Crippen molar-refractivity contribution in [3.63, 3.8) is 0 Å². The summed E-state index contributed by atoms with van der Waals surface area (Å²) in [7, 11) is 5.82. The molecular formula is C26H33N5. The number of benzene rings is 1. The van der Waals surface area contributed by atoms with Gasteiger partial charge in [-0.05, 0) is 43.0 Å². The zero-order valence-electron chi connectivity index (χ0n) is 19.1. The van der Waals surface area contributed by atoms with Gasteiger partial charge < -0.3 is 10.2 Å². The predicted octanol–water partition coefficient (Wildman–Crippen LogP) is 5.58. The molecule has 0 radical (unpaired) electrons. The lowest BCUT2D eigenvalue weighted by Gasteiger charge is -2.17. The number of rotatable bonds is 8. The maximum atomic E-state index is 4.95. The van der Waals surface area contributed by atoms with Gasteiger partial charge in [-0.3, -0.25) is 4.99 Å². The van der Waals surface area contributed by atoms with E-state index in [-0.39, 0.29) is 0 Å². The smallest absolute Gasteiger partial charge is 0.161 e. The molecule has 0 atom stereocenters. The first-order valence-electron chi connectivity index (χ1n) is 10.9. The van der Waals surface area contributed by atoms with E-state index in [0.29, 0.717) is 11.9 Å². The van der Waals surface area contributed by atoms with Gasteiger partial charge in [-0.2, -0.15) is 0 Å². The lowest BCUT2D eigenvalue weighted by Crippen LogP contribution is -2.19. The number of hydrogen-bond acceptors (Lipinski definition) is 5. The number of nitrogens with one attached hydrogen (secondary N) is 1. The van der Waals surface area contributed by atoms with Gasteiger partial charge in [-0.25, -0.2) is 9.97 Å². The van der Waals surface area contributed by atoms with E-state index in [0.717, 1.165) is 33.8 Å². The number of nitrogens with zero attached hydrogens (tertiary/aromatic N) is 4. The van der Waals surface area contributed by atoms with E-state index < -0.39 is 0 Å². The van der Waals surface area contributed by atoms with Crippen LogP contribution in [0, 0.1) is 0 Å². The molecule has 2 aromatic rings. The Balaban J connectivity index is 2.04. The monoisotopic (exact) mass is 415 g/mol. The summed E-state index contributed by atoms with van der Waals surface area (Å²) in [5.74, 6) is 1.56. The Morgan fingerprint density at radius 2 is 2.03 bits per heavy atom. The quantitative estimate of drug-likeness (QED) is 0.452. The highest BCUT2D eigenvalue weighted by Gasteiger charge is 2.19. The number of anilines is 1. The molecule has 5 nitrogen and oxygen atoms in total. The highest BCUT2D eigenvalue weighted by Crippen LogP contribution is 2.27. The van der Waals surface area contributed by atoms with Crippen LogP contribution in [-0.2, 0) is 0 Å². The first kappa shape index (κ1) is 22.5. The molecule has 1 aliphatic carbocycles. The molecule has 0 saturated heterocycles. The molecule has 1 aromatic heterocycles. The van der Waals surface area contributed by atoms with Gasteiger partial charge in [0.2, 0.25) is 0 Å². The largest absolute Gasteiger partial charge is 0.383 e. The van der Waals surface area contributed by atoms with Gasteiger partial charge in [0, 0.05) is 45.1 Å². The fourth-order valence-corrected chi connectivity index (χ4v) is 3.89. The molecule has 0 amide bonds. The first-order chi connectivity index (χ1) is 15.0. The molecule has 1 heterocycles. The van der Waals surface area contributed by atoms with Crippen molar-refractivity contribution in [2.24, 2.45) is 4.99 Å². The summed E-state index contributed by atoms with van der Waals surface area (Å²) in [6.07, 6.45) is 14.7. The maximum absolute atomic E-state index is 4.95. The third-order valence-electron chi connectivity index (χ3n) is 5.40. The average Bonchev–Trinajstić information content (AvgIpc) is 3.29. The highest BCUT2D eigenvalue weighted by molar-refractivity contribution is 6.11. The summed E-state index contributed by atoms with van der Waals surface area (Å²) < 4.78 is 0. The molecule has 1 N–H and O–H groups in total. The molecule has 162 valence electrons. The maximum Gasteiger partial charge on any atom is 0.161 e. The Morgan fingerprint density at radius 3 is 2.68 bits per heavy atom. The van der Waals surface area contributed by atoms with Crippen molar-refractivity contribution >= 4 is 17.1 Å². The summed E-state index contributed by atoms with van der Waals surface area (Å²) in [4.78, 5) is 16.1. The molecule has 0 bridgehead atoms. The van der Waals surface area contributed by atoms with Crippen LogP contribution in [0.2, 0.25) is 0 Å². The van der Waals surface area contributed by atoms with E-state index in [2.05, 4.69) is 41.3 Å². The van der Waals surface area contributed by atoms with Gasteiger partial charge in [-0.15, -0.1) is 0 Å². The minimum atomic E-state index is 0.451. The second-order valence-corrected chi connectivity index (χ2v) is 8.02. The van der Waals surface area contributed by atoms with Crippen LogP contribution in [-0.4, -0.2) is 47.8 Å². The summed E-state index contributed by atoms with van der Waals surface area (Å²) in [5, 5.41) is 3.67. The number of allylic oxidation sites excluding steroid dienone is 4. The van der Waals surface area contributed by atoms with Crippen molar-refractivity contribution in [3.05, 3.63) is 72.6 Å². The topological polar surface area (TPSA) is 53.4 Å². The molecule has 0 aliphatic heterocycles. The molecular weight excluding hydrogens is 382 g/mol. The predicted molar refractivity (Wildman–Crippen MR) is 132 cm³/mol. The molecule has 5 heteroatoms. The zero-order chi connectivity index (χ0) is 22.2. The fourth-order valence-electron chi connectivity index (χ4n) is 3.89. The summed E-state index contributed by atoms with van der Waals surface area (Å²) in [5.41, 5.74) is 4.94. The molecule has 31 heavy (non-hydrogen) atoms. The van der Waals surface area contributed by atoms with Gasteiger partial charge in [0.05, 0.1) is 11.3 Å². The molecule has 3 rings (SSSR count). The normalized spacial score (nSPS) is 15.5. The van der Waals surface area contributed by atoms with Crippen molar-refractivity contribution in [2.45, 2.75) is 38.6 Å². The molecule has 1 fully saturated rings. The lowest BCUT2D eigenvalue weighted by atomic mass is 10.0. The van der Waals surface area contributed by atoms with Gasteiger partial charge in [0.15, 0.2) is 5.82 Å². The standard InChI is InChI=1S/C26H33N5/c1-6-11-24(27-3)23-17-28-25(30-26(23)29-22-14-8-9-15-22)21-13-10-12-20(16-21)19(7-2)18-31(4)5/h6-7,10-13,16-18,22H,2,8-9,14-15H2,1,3-5H3,(H,28,29,30)/b11-6-,19-18+,27-24?. The van der Waals surface area contributed by atoms with E-state index >= 15 is 0 Å². The lowest BCUT2D eigenvalue weighted by molar-refractivity contribution is 0.566. The Morgan fingerprint density at radius 1 is 1.26 bits per heavy atom. The van der Waals surface area contributed by atoms with Crippen LogP contribution in [0.5, 0.6) is 0 Å². The van der Waals surface area contributed by atoms with E-state index in [1.807, 2.05) is 56.4 Å². The van der Waals surface area contributed by atoms with Gasteiger partial charge in [-0.1, -0.05) is 49.8 Å². The van der Waals surface area contributed by atoms with Crippen molar-refractivity contribution in [2.75, 3.05) is 26.5 Å². The Hall–Kier alpha value is -3.21. The van der Waals surface area contributed by atoms with Gasteiger partial charge in [0.25, 0.3) is 0 Å². The third kappa shape index (κ3) is 5.69. The second kappa shape index (κ2) is 10.7. The van der Waals surface area contributed by atoms with E-state index in [1.165, 1.54) is 25.7 Å². The van der Waals surface area contributed by atoms with Gasteiger partial charge in [0.1, 0.15) is 5.82 Å². The van der Waals surface area contributed by atoms with Crippen LogP contribution in [0.25, 0.3) is 17.0 Å². The summed E-state index contributed by atoms with van der Waals surface area (Å²) in [6.45, 7) is 5.96. The molecule has 0 unspecified atom stereocenters. The van der Waals surface area contributed by atoms with Gasteiger partial charge >= 0.3 is 0 Å². The SMILES string of the molecule is C=C/C(=C\N(C)C)c1cccc(-c2ncc(C(/C=C\C)=NC)c(NC3CCCC3)n2)c1. The number of hydrogen-bond donors (Lipinski definition) is 1. The second-order valence-electron chi connectivity index (χ2n) is 8.02. The fraction of sp³-hybridized carbons (Fsp3) is 0.346. The van der Waals surface area contributed by atoms with Crippen LogP contribution >= 0.6 is 0 Å². The summed E-state index contributed by atoms with van der Waals surface area (Å²) >= 11 is 0. The Kier molecular flexibility index (Phi) is 7.76. The van der Waals surface area contributed by atoms with Crippen molar-refractivity contribution in [1.82, 2.24) is 14.9 Å². The van der Waals surface area contributed by atoms with Crippen molar-refractivity contribution < 1.29 is 0 Å². The van der Waals surface area contributed by atoms with Crippen molar-refractivity contribution in [1.29, 1.82) is 0 Å². The van der Waals surface area contributed by atoms with Crippen LogP contribution in [0.3, 0.4) is 0 Å². The van der Waals surface area contributed by atoms with E-state index in [1.54, 1.807) is 7.05 Å². The Labute approximate surface area is 186 Å². The van der Waals surface area contributed by atoms with Crippen LogP contribution < -0.4 is 5.32 Å². The van der Waals surface area contributed by atoms with E-state index in [9.17, 15) is 0 Å². The van der Waals surface area contributed by atoms with Crippen LogP contribution in [0.15, 0.2) is 66.5 Å². The minimum absolute atomic E-state index is 0.451. The molecule has 1 aliphatic rings. The van der Waals surface area contributed by atoms with Crippen LogP contribution in [0.4, 0.5) is 5.82 Å². The third-order valence-corrected chi connectivity index (χ3v) is 5.40. The molecule has 1 aromatic carbocycles. The molecule has 1 saturated carbocycles. The highest BCUT2D eigenvalue weighted by atomic mass is 15.1. The van der Waals surface area contributed by atoms with E-state index in [4.69, 9.17) is 9.97 Å². The van der Waals surface area contributed by atoms with Crippen LogP contribution in [0.1, 0.15) is 43.7 Å².